The van der Waals surface area contributed by atoms with Crippen molar-refractivity contribution < 1.29 is 13.4 Å². The molecule has 0 saturated carbocycles. The van der Waals surface area contributed by atoms with Crippen LogP contribution in [0.15, 0.2) is 54.6 Å². The predicted octanol–water partition coefficient (Wildman–Crippen LogP) is 7.29. The molecule has 0 spiro atoms. The average Bonchev–Trinajstić information content (AvgIpc) is 4.04. The van der Waals surface area contributed by atoms with E-state index < -0.39 is 0 Å². The third-order valence-corrected chi connectivity index (χ3v) is 16.8. The summed E-state index contributed by atoms with van der Waals surface area (Å²) in [5.41, 5.74) is 28.9. The Morgan fingerprint density at radius 3 is 1.16 bits per heavy atom. The van der Waals surface area contributed by atoms with Gasteiger partial charge in [-0.15, -0.1) is 0 Å². The van der Waals surface area contributed by atoms with Gasteiger partial charge in [-0.1, -0.05) is 40.5 Å². The van der Waals surface area contributed by atoms with Crippen molar-refractivity contribution in [2.45, 2.75) is 105 Å². The third-order valence-electron chi connectivity index (χ3n) is 16.8. The lowest BCUT2D eigenvalue weighted by molar-refractivity contribution is -0.896. The second-order valence-electron chi connectivity index (χ2n) is 24.6. The molecule has 0 bridgehead atoms. The molecule has 13 heteroatoms. The molecule has 414 valence electrons. The van der Waals surface area contributed by atoms with Gasteiger partial charge in [0, 0.05) is 125 Å². The molecule has 6 heterocycles. The summed E-state index contributed by atoms with van der Waals surface area (Å²) in [5, 5.41) is 3.64. The number of hydrogen-bond donors (Lipinski definition) is 4. The van der Waals surface area contributed by atoms with Crippen LogP contribution in [-0.4, -0.2) is 221 Å². The number of nitrogens with zero attached hydrogens (tertiary/aromatic N) is 9. The molecule has 0 radical (unpaired) electrons. The van der Waals surface area contributed by atoms with Crippen LogP contribution >= 0.6 is 0 Å². The molecule has 6 aliphatic rings. The average molecular weight is 1020 g/mol. The van der Waals surface area contributed by atoms with E-state index in [1.807, 2.05) is 18.2 Å². The number of benzene rings is 3. The van der Waals surface area contributed by atoms with Crippen LogP contribution in [0.25, 0.3) is 0 Å². The number of hydrogen-bond acceptors (Lipinski definition) is 10. The van der Waals surface area contributed by atoms with Crippen molar-refractivity contribution in [3.63, 3.8) is 0 Å². The summed E-state index contributed by atoms with van der Waals surface area (Å²) in [6.45, 7) is 20.0. The van der Waals surface area contributed by atoms with Crippen molar-refractivity contribution in [3.05, 3.63) is 71.3 Å². The number of likely N-dealkylation sites (N-methyl/N-ethyl adjacent to an activating group) is 3. The number of likely N-dealkylation sites (tertiary alicyclic amines) is 3. The van der Waals surface area contributed by atoms with E-state index in [1.54, 1.807) is 0 Å². The van der Waals surface area contributed by atoms with Crippen LogP contribution in [0.5, 0.6) is 0 Å². The van der Waals surface area contributed by atoms with Gasteiger partial charge in [0.2, 0.25) is 0 Å². The highest BCUT2D eigenvalue weighted by Gasteiger charge is 2.32. The fraction of sp³-hybridized carbons (Fsp3) is 0.700. The molecule has 6 aliphatic heterocycles. The molecule has 3 fully saturated rings. The van der Waals surface area contributed by atoms with Crippen LogP contribution in [0.1, 0.15) is 83.9 Å². The molecule has 3 aromatic carbocycles. The fourth-order valence-electron chi connectivity index (χ4n) is 12.0. The van der Waals surface area contributed by atoms with Crippen molar-refractivity contribution in [2.24, 2.45) is 0 Å². The summed E-state index contributed by atoms with van der Waals surface area (Å²) >= 11 is 0. The van der Waals surface area contributed by atoms with Crippen molar-refractivity contribution >= 4 is 34.1 Å². The smallest absolute Gasteiger partial charge is 0.101 e. The van der Waals surface area contributed by atoms with Gasteiger partial charge in [0.05, 0.1) is 83.1 Å². The molecule has 7 N–H and O–H groups in total. The molecule has 3 atom stereocenters. The molecule has 0 aliphatic carbocycles. The van der Waals surface area contributed by atoms with E-state index in [9.17, 15) is 0 Å². The lowest BCUT2D eigenvalue weighted by Crippen LogP contribution is -2.54. The van der Waals surface area contributed by atoms with E-state index in [0.29, 0.717) is 0 Å². The van der Waals surface area contributed by atoms with Crippen LogP contribution in [0.3, 0.4) is 0 Å². The van der Waals surface area contributed by atoms with E-state index >= 15 is 0 Å². The van der Waals surface area contributed by atoms with Gasteiger partial charge in [-0.05, 0) is 118 Å². The standard InChI is InChI=1S/C20H36N5.C19H33N4.C18H31N4.3CH4/c1-25(2,3)19-5-4-11-23(16-19)13-9-22-10-14-24-12-8-17-6-7-18(21)15-20(17)24;1-23(2,3)18-6-4-10-21(15-18)11-5-12-22-13-9-16-7-8-17(20)14-19(16)22;1-22(2,3)17-5-4-9-20(14-17)11-12-21-10-8-15-6-7-16(19)13-18(15)21;;;/h6-7,15,19,22H,4-5,8-14,16,21H2,1-3H3;7-8,14,18H,4-6,9-13,15,20H2,1-3H3;6-7,13,17H,4-5,8-12,14,19H2,1-3H3;3*1H4/q3*+1;;;. The second-order valence-corrected chi connectivity index (χ2v) is 24.6. The number of nitrogen functional groups attached to an aromatic ring is 3. The Bertz CT molecular complexity index is 2090. The van der Waals surface area contributed by atoms with Crippen LogP contribution in [0.2, 0.25) is 0 Å². The van der Waals surface area contributed by atoms with E-state index in [4.69, 9.17) is 17.2 Å². The van der Waals surface area contributed by atoms with Gasteiger partial charge in [-0.2, -0.15) is 0 Å². The summed E-state index contributed by atoms with van der Waals surface area (Å²) in [5.74, 6) is 0. The Morgan fingerprint density at radius 1 is 0.425 bits per heavy atom. The Balaban J connectivity index is 0.000000233. The first kappa shape index (κ1) is 61.7. The Kier molecular flexibility index (Phi) is 23.5. The first-order valence-electron chi connectivity index (χ1n) is 27.5. The van der Waals surface area contributed by atoms with E-state index in [-0.39, 0.29) is 22.3 Å². The quantitative estimate of drug-likeness (QED) is 0.0664. The number of quaternary nitrogens is 3. The monoisotopic (exact) mass is 1010 g/mol. The van der Waals surface area contributed by atoms with Gasteiger partial charge in [0.1, 0.15) is 18.1 Å². The SMILES string of the molecule is C.C.C.C[N+](C)(C)C1CCCN(CCCN2CCc3ccc(N)cc32)C1.C[N+](C)(C)C1CCCN(CCN2CCc3ccc(N)cc32)C1.C[N+](C)(C)C1CCCN(CCNCCN2CCc3ccc(N)cc32)C1. The largest absolute Gasteiger partial charge is 0.399 e. The Hall–Kier alpha value is -3.82. The van der Waals surface area contributed by atoms with E-state index in [2.05, 4.69) is 135 Å². The topological polar surface area (TPSA) is 110 Å². The first-order chi connectivity index (χ1) is 33.3. The summed E-state index contributed by atoms with van der Waals surface area (Å²) in [4.78, 5) is 15.5. The number of fused-ring (bicyclic) bond motifs is 3. The van der Waals surface area contributed by atoms with Gasteiger partial charge in [0.15, 0.2) is 0 Å². The molecule has 9 rings (SSSR count). The molecule has 3 unspecified atom stereocenters. The fourth-order valence-corrected chi connectivity index (χ4v) is 12.0. The minimum Gasteiger partial charge on any atom is -0.399 e. The number of nitrogens with two attached hydrogens (primary N) is 3. The van der Waals surface area contributed by atoms with Crippen LogP contribution in [-0.2, 0) is 19.3 Å². The molecule has 0 amide bonds. The lowest BCUT2D eigenvalue weighted by Gasteiger charge is -2.41. The molecule has 3 aromatic rings. The van der Waals surface area contributed by atoms with Crippen molar-refractivity contribution in [3.8, 4) is 0 Å². The van der Waals surface area contributed by atoms with Gasteiger partial charge in [-0.3, -0.25) is 14.7 Å². The zero-order valence-electron chi connectivity index (χ0n) is 45.8. The van der Waals surface area contributed by atoms with E-state index in [1.165, 1.54) is 144 Å². The summed E-state index contributed by atoms with van der Waals surface area (Å²) in [6.07, 6.45) is 12.9. The van der Waals surface area contributed by atoms with E-state index in [0.717, 1.165) is 114 Å². The normalized spacial score (nSPS) is 21.3. The minimum absolute atomic E-state index is 0. The highest BCUT2D eigenvalue weighted by atomic mass is 15.4. The predicted molar refractivity (Wildman–Crippen MR) is 320 cm³/mol. The van der Waals surface area contributed by atoms with Gasteiger partial charge in [0.25, 0.3) is 0 Å². The maximum Gasteiger partial charge on any atom is 0.101 e. The molecular weight excluding hydrogens is 903 g/mol. The molecule has 0 aromatic heterocycles. The molecule has 73 heavy (non-hydrogen) atoms. The van der Waals surface area contributed by atoms with Crippen molar-refractivity contribution in [2.75, 3.05) is 207 Å². The first-order valence-corrected chi connectivity index (χ1v) is 27.5. The Morgan fingerprint density at radius 2 is 0.767 bits per heavy atom. The summed E-state index contributed by atoms with van der Waals surface area (Å²) in [7, 11) is 21.0. The van der Waals surface area contributed by atoms with Gasteiger partial charge >= 0.3 is 0 Å². The van der Waals surface area contributed by atoms with Crippen LogP contribution < -0.4 is 37.2 Å². The highest BCUT2D eigenvalue weighted by molar-refractivity contribution is 5.66. The van der Waals surface area contributed by atoms with Gasteiger partial charge < -0.3 is 50.7 Å². The molecule has 13 nitrogen and oxygen atoms in total. The number of piperidine rings is 3. The van der Waals surface area contributed by atoms with Crippen LogP contribution in [0.4, 0.5) is 34.1 Å². The third kappa shape index (κ3) is 17.9. The zero-order valence-corrected chi connectivity index (χ0v) is 45.8. The number of nitrogens with one attached hydrogen (secondary N) is 1. The molecular formula is C60H112N13+3. The van der Waals surface area contributed by atoms with Gasteiger partial charge in [-0.25, -0.2) is 0 Å². The lowest BCUT2D eigenvalue weighted by atomic mass is 10.0. The number of anilines is 6. The van der Waals surface area contributed by atoms with Crippen LogP contribution in [0, 0.1) is 0 Å². The summed E-state index contributed by atoms with van der Waals surface area (Å²) < 4.78 is 3.26. The maximum absolute atomic E-state index is 5.96. The summed E-state index contributed by atoms with van der Waals surface area (Å²) in [6, 6.07) is 21.4. The highest BCUT2D eigenvalue weighted by Crippen LogP contribution is 2.32. The minimum atomic E-state index is 0. The zero-order chi connectivity index (χ0) is 50.1. The van der Waals surface area contributed by atoms with Crippen molar-refractivity contribution in [1.29, 1.82) is 0 Å². The maximum atomic E-state index is 5.96. The Labute approximate surface area is 448 Å². The molecule has 3 saturated heterocycles. The second kappa shape index (κ2) is 27.8. The number of rotatable bonds is 16. The van der Waals surface area contributed by atoms with Crippen molar-refractivity contribution in [1.82, 2.24) is 20.0 Å².